The number of nitrogens with one attached hydrogen (secondary N) is 1. The maximum atomic E-state index is 12.3. The zero-order chi connectivity index (χ0) is 12.7. The SMILES string of the molecule is CC(C)(C)CS(=O)(=O)N1CC2CCCNC2C1. The molecule has 1 N–H and O–H groups in total. The van der Waals surface area contributed by atoms with Crippen LogP contribution in [-0.2, 0) is 10.0 Å². The fraction of sp³-hybridized carbons (Fsp3) is 1.00. The fourth-order valence-corrected chi connectivity index (χ4v) is 4.96. The third-order valence-corrected chi connectivity index (χ3v) is 5.89. The summed E-state index contributed by atoms with van der Waals surface area (Å²) in [6.07, 6.45) is 2.34. The number of piperidine rings is 1. The van der Waals surface area contributed by atoms with Gasteiger partial charge < -0.3 is 5.32 Å². The van der Waals surface area contributed by atoms with Crippen molar-refractivity contribution in [3.05, 3.63) is 0 Å². The van der Waals surface area contributed by atoms with E-state index in [1.807, 2.05) is 20.8 Å². The van der Waals surface area contributed by atoms with Crippen LogP contribution in [0.25, 0.3) is 0 Å². The molecule has 0 spiro atoms. The van der Waals surface area contributed by atoms with E-state index in [1.165, 1.54) is 12.8 Å². The molecule has 0 saturated carbocycles. The number of rotatable bonds is 2. The first-order valence-electron chi connectivity index (χ1n) is 6.49. The van der Waals surface area contributed by atoms with Crippen LogP contribution in [0.1, 0.15) is 33.6 Å². The molecule has 2 aliphatic heterocycles. The number of sulfonamides is 1. The van der Waals surface area contributed by atoms with E-state index in [2.05, 4.69) is 5.32 Å². The lowest BCUT2D eigenvalue weighted by molar-refractivity contribution is 0.339. The quantitative estimate of drug-likeness (QED) is 0.807. The highest BCUT2D eigenvalue weighted by Crippen LogP contribution is 2.28. The Morgan fingerprint density at radius 2 is 2.00 bits per heavy atom. The Morgan fingerprint density at radius 1 is 1.29 bits per heavy atom. The van der Waals surface area contributed by atoms with Crippen LogP contribution >= 0.6 is 0 Å². The first kappa shape index (κ1) is 13.3. The van der Waals surface area contributed by atoms with Gasteiger partial charge in [0.05, 0.1) is 5.75 Å². The van der Waals surface area contributed by atoms with Gasteiger partial charge in [-0.1, -0.05) is 20.8 Å². The lowest BCUT2D eigenvalue weighted by Gasteiger charge is -2.24. The number of hydrogen-bond acceptors (Lipinski definition) is 3. The fourth-order valence-electron chi connectivity index (χ4n) is 2.87. The highest BCUT2D eigenvalue weighted by Gasteiger charge is 2.40. The van der Waals surface area contributed by atoms with Gasteiger partial charge in [0.1, 0.15) is 0 Å². The van der Waals surface area contributed by atoms with E-state index in [0.29, 0.717) is 18.5 Å². The maximum absolute atomic E-state index is 12.3. The van der Waals surface area contributed by atoms with Crippen molar-refractivity contribution in [2.24, 2.45) is 11.3 Å². The van der Waals surface area contributed by atoms with Crippen molar-refractivity contribution in [2.45, 2.75) is 39.7 Å². The second-order valence-electron chi connectivity index (χ2n) is 6.60. The minimum Gasteiger partial charge on any atom is -0.312 e. The van der Waals surface area contributed by atoms with Gasteiger partial charge in [0, 0.05) is 19.1 Å². The topological polar surface area (TPSA) is 49.4 Å². The summed E-state index contributed by atoms with van der Waals surface area (Å²) in [7, 11) is -3.08. The highest BCUT2D eigenvalue weighted by molar-refractivity contribution is 7.89. The first-order chi connectivity index (χ1) is 7.78. The van der Waals surface area contributed by atoms with Gasteiger partial charge in [0.2, 0.25) is 10.0 Å². The molecule has 0 radical (unpaired) electrons. The van der Waals surface area contributed by atoms with E-state index in [0.717, 1.165) is 13.1 Å². The minimum atomic E-state index is -3.08. The average Bonchev–Trinajstić information content (AvgIpc) is 2.57. The summed E-state index contributed by atoms with van der Waals surface area (Å²) in [5.41, 5.74) is -0.167. The molecule has 2 rings (SSSR count). The van der Waals surface area contributed by atoms with E-state index < -0.39 is 10.0 Å². The summed E-state index contributed by atoms with van der Waals surface area (Å²) in [5.74, 6) is 0.776. The zero-order valence-electron chi connectivity index (χ0n) is 11.1. The average molecular weight is 260 g/mol. The van der Waals surface area contributed by atoms with Crippen molar-refractivity contribution in [1.29, 1.82) is 0 Å². The molecular weight excluding hydrogens is 236 g/mol. The molecule has 2 heterocycles. The summed E-state index contributed by atoms with van der Waals surface area (Å²) in [5, 5.41) is 3.44. The van der Waals surface area contributed by atoms with Crippen molar-refractivity contribution in [3.8, 4) is 0 Å². The van der Waals surface area contributed by atoms with Crippen molar-refractivity contribution in [1.82, 2.24) is 9.62 Å². The van der Waals surface area contributed by atoms with E-state index in [9.17, 15) is 8.42 Å². The normalized spacial score (nSPS) is 31.5. The molecule has 2 aliphatic rings. The third kappa shape index (κ3) is 3.20. The summed E-state index contributed by atoms with van der Waals surface area (Å²) < 4.78 is 26.3. The first-order valence-corrected chi connectivity index (χ1v) is 8.10. The molecule has 17 heavy (non-hydrogen) atoms. The monoisotopic (exact) mass is 260 g/mol. The Bertz CT molecular complexity index is 358. The van der Waals surface area contributed by atoms with Crippen LogP contribution in [0.15, 0.2) is 0 Å². The van der Waals surface area contributed by atoms with Gasteiger partial charge in [-0.3, -0.25) is 0 Å². The van der Waals surface area contributed by atoms with Crippen LogP contribution in [-0.4, -0.2) is 44.2 Å². The van der Waals surface area contributed by atoms with Crippen molar-refractivity contribution in [2.75, 3.05) is 25.4 Å². The molecule has 2 fully saturated rings. The molecule has 0 aromatic rings. The predicted molar refractivity (Wildman–Crippen MR) is 69.3 cm³/mol. The second kappa shape index (κ2) is 4.52. The Labute approximate surface area is 105 Å². The van der Waals surface area contributed by atoms with Crippen LogP contribution in [0, 0.1) is 11.3 Å². The number of nitrogens with zero attached hydrogens (tertiary/aromatic N) is 1. The molecule has 0 aliphatic carbocycles. The van der Waals surface area contributed by atoms with Gasteiger partial charge in [-0.05, 0) is 30.7 Å². The van der Waals surface area contributed by atoms with Crippen LogP contribution in [0.5, 0.6) is 0 Å². The van der Waals surface area contributed by atoms with Crippen molar-refractivity contribution >= 4 is 10.0 Å². The zero-order valence-corrected chi connectivity index (χ0v) is 11.9. The van der Waals surface area contributed by atoms with E-state index in [4.69, 9.17) is 0 Å². The minimum absolute atomic E-state index is 0.167. The van der Waals surface area contributed by atoms with Crippen molar-refractivity contribution < 1.29 is 8.42 Å². The summed E-state index contributed by atoms with van der Waals surface area (Å²) in [4.78, 5) is 0. The molecule has 2 unspecified atom stereocenters. The van der Waals surface area contributed by atoms with Gasteiger partial charge in [0.25, 0.3) is 0 Å². The molecule has 5 heteroatoms. The molecule has 100 valence electrons. The molecular formula is C12H24N2O2S. The van der Waals surface area contributed by atoms with Gasteiger partial charge in [-0.15, -0.1) is 0 Å². The summed E-state index contributed by atoms with van der Waals surface area (Å²) in [6.45, 7) is 8.36. The van der Waals surface area contributed by atoms with Gasteiger partial charge in [-0.25, -0.2) is 12.7 Å². The van der Waals surface area contributed by atoms with Crippen LogP contribution < -0.4 is 5.32 Å². The maximum Gasteiger partial charge on any atom is 0.214 e. The van der Waals surface area contributed by atoms with Crippen LogP contribution in [0.2, 0.25) is 0 Å². The standard InChI is InChI=1S/C12H24N2O2S/c1-12(2,3)9-17(15,16)14-7-10-5-4-6-13-11(10)8-14/h10-11,13H,4-9H2,1-3H3. The molecule has 0 aromatic carbocycles. The largest absolute Gasteiger partial charge is 0.312 e. The number of hydrogen-bond donors (Lipinski definition) is 1. The van der Waals surface area contributed by atoms with Gasteiger partial charge >= 0.3 is 0 Å². The summed E-state index contributed by atoms with van der Waals surface area (Å²) in [6, 6.07) is 0.387. The highest BCUT2D eigenvalue weighted by atomic mass is 32.2. The van der Waals surface area contributed by atoms with E-state index >= 15 is 0 Å². The summed E-state index contributed by atoms with van der Waals surface area (Å²) >= 11 is 0. The van der Waals surface area contributed by atoms with E-state index in [1.54, 1.807) is 4.31 Å². The third-order valence-electron chi connectivity index (χ3n) is 3.57. The second-order valence-corrected chi connectivity index (χ2v) is 8.57. The van der Waals surface area contributed by atoms with E-state index in [-0.39, 0.29) is 11.2 Å². The lowest BCUT2D eigenvalue weighted by Crippen LogP contribution is -2.41. The smallest absolute Gasteiger partial charge is 0.214 e. The molecule has 2 saturated heterocycles. The Balaban J connectivity index is 2.04. The molecule has 0 bridgehead atoms. The van der Waals surface area contributed by atoms with Gasteiger partial charge in [0.15, 0.2) is 0 Å². The molecule has 4 nitrogen and oxygen atoms in total. The Morgan fingerprint density at radius 3 is 2.59 bits per heavy atom. The predicted octanol–water partition coefficient (Wildman–Crippen LogP) is 1.05. The molecule has 0 amide bonds. The molecule has 0 aromatic heterocycles. The molecule has 2 atom stereocenters. The van der Waals surface area contributed by atoms with Gasteiger partial charge in [-0.2, -0.15) is 0 Å². The number of fused-ring (bicyclic) bond motifs is 1. The van der Waals surface area contributed by atoms with Crippen LogP contribution in [0.3, 0.4) is 0 Å². The van der Waals surface area contributed by atoms with Crippen molar-refractivity contribution in [3.63, 3.8) is 0 Å². The lowest BCUT2D eigenvalue weighted by atomic mass is 9.94. The Kier molecular flexibility index (Phi) is 3.54. The van der Waals surface area contributed by atoms with Crippen LogP contribution in [0.4, 0.5) is 0 Å². The Hall–Kier alpha value is -0.130.